The summed E-state index contributed by atoms with van der Waals surface area (Å²) in [6.45, 7) is 3.75. The average Bonchev–Trinajstić information content (AvgIpc) is 3.24. The molecule has 364 valence electrons. The average molecular weight is 903 g/mol. The summed E-state index contributed by atoms with van der Waals surface area (Å²) >= 11 is 0. The molecule has 62 heavy (non-hydrogen) atoms. The lowest BCUT2D eigenvalue weighted by atomic mass is 10.00. The van der Waals surface area contributed by atoms with E-state index in [4.69, 9.17) is 18.9 Å². The second-order valence-electron chi connectivity index (χ2n) is 17.5. The van der Waals surface area contributed by atoms with E-state index in [0.717, 1.165) is 57.8 Å². The zero-order chi connectivity index (χ0) is 45.5. The van der Waals surface area contributed by atoms with Crippen molar-refractivity contribution in [2.24, 2.45) is 0 Å². The highest BCUT2D eigenvalue weighted by molar-refractivity contribution is 7.85. The summed E-state index contributed by atoms with van der Waals surface area (Å²) in [7, 11) is -4.60. The Kier molecular flexibility index (Phi) is 37.0. The normalized spacial score (nSPS) is 20.0. The molecule has 1 rings (SSSR count). The number of aliphatic hydroxyl groups is 3. The third-order valence-electron chi connectivity index (χ3n) is 11.5. The van der Waals surface area contributed by atoms with Crippen LogP contribution in [0.1, 0.15) is 219 Å². The molecule has 6 unspecified atom stereocenters. The monoisotopic (exact) mass is 903 g/mol. The Hall–Kier alpha value is -1.87. The van der Waals surface area contributed by atoms with Gasteiger partial charge in [-0.15, -0.1) is 0 Å². The van der Waals surface area contributed by atoms with Crippen LogP contribution in [0, 0.1) is 0 Å². The number of allylic oxidation sites excluding steroid dienone is 4. The Morgan fingerprint density at radius 1 is 0.532 bits per heavy atom. The SMILES string of the molecule is CCCCCC/C=C\CCCCCCCC(=O)OCC(COC1OC(CS(=O)(=O)O)C(O)C(O)C1O)OC(=O)CCCCCCCCCCC/C=C\CCCCCCCCCC. The fourth-order valence-electron chi connectivity index (χ4n) is 7.61. The molecule has 0 aliphatic carbocycles. The molecule has 0 radical (unpaired) electrons. The molecule has 0 aromatic carbocycles. The maximum absolute atomic E-state index is 12.9. The molecule has 6 atom stereocenters. The van der Waals surface area contributed by atoms with Gasteiger partial charge in [0.2, 0.25) is 0 Å². The molecule has 0 aromatic rings. The van der Waals surface area contributed by atoms with Gasteiger partial charge >= 0.3 is 11.9 Å². The van der Waals surface area contributed by atoms with E-state index in [2.05, 4.69) is 38.2 Å². The van der Waals surface area contributed by atoms with Gasteiger partial charge in [-0.1, -0.05) is 167 Å². The van der Waals surface area contributed by atoms with E-state index in [-0.39, 0.29) is 19.4 Å². The molecule has 13 heteroatoms. The summed E-state index contributed by atoms with van der Waals surface area (Å²) in [5, 5.41) is 30.9. The Morgan fingerprint density at radius 3 is 1.35 bits per heavy atom. The number of rotatable bonds is 42. The number of ether oxygens (including phenoxy) is 4. The number of carbonyl (C=O) groups is 2. The molecule has 1 fully saturated rings. The van der Waals surface area contributed by atoms with Gasteiger partial charge in [-0.2, -0.15) is 8.42 Å². The molecule has 1 saturated heterocycles. The predicted molar refractivity (Wildman–Crippen MR) is 247 cm³/mol. The van der Waals surface area contributed by atoms with Crippen molar-refractivity contribution in [2.75, 3.05) is 19.0 Å². The van der Waals surface area contributed by atoms with Crippen LogP contribution < -0.4 is 0 Å². The zero-order valence-electron chi connectivity index (χ0n) is 39.0. The lowest BCUT2D eigenvalue weighted by Gasteiger charge is -2.40. The van der Waals surface area contributed by atoms with Gasteiger partial charge in [0, 0.05) is 12.8 Å². The van der Waals surface area contributed by atoms with E-state index in [1.165, 1.54) is 122 Å². The first kappa shape index (κ1) is 58.1. The summed E-state index contributed by atoms with van der Waals surface area (Å²) in [4.78, 5) is 25.5. The molecule has 1 aliphatic rings. The second-order valence-corrected chi connectivity index (χ2v) is 19.0. The van der Waals surface area contributed by atoms with Crippen molar-refractivity contribution in [3.63, 3.8) is 0 Å². The first-order valence-electron chi connectivity index (χ1n) is 24.9. The molecule has 0 saturated carbocycles. The first-order chi connectivity index (χ1) is 30.0. The number of esters is 2. The van der Waals surface area contributed by atoms with Crippen LogP contribution >= 0.6 is 0 Å². The van der Waals surface area contributed by atoms with Crippen LogP contribution in [-0.2, 0) is 38.7 Å². The van der Waals surface area contributed by atoms with Gasteiger partial charge in [-0.05, 0) is 64.2 Å². The smallest absolute Gasteiger partial charge is 0.306 e. The highest BCUT2D eigenvalue weighted by Crippen LogP contribution is 2.24. The highest BCUT2D eigenvalue weighted by Gasteiger charge is 2.46. The van der Waals surface area contributed by atoms with E-state index in [1.807, 2.05) is 0 Å². The Labute approximate surface area is 377 Å². The lowest BCUT2D eigenvalue weighted by Crippen LogP contribution is -2.60. The van der Waals surface area contributed by atoms with Crippen molar-refractivity contribution in [1.82, 2.24) is 0 Å². The van der Waals surface area contributed by atoms with Gasteiger partial charge in [-0.3, -0.25) is 14.1 Å². The zero-order valence-corrected chi connectivity index (χ0v) is 39.8. The molecule has 0 amide bonds. The minimum absolute atomic E-state index is 0.162. The number of hydrogen-bond acceptors (Lipinski definition) is 11. The van der Waals surface area contributed by atoms with Crippen LogP contribution in [0.5, 0.6) is 0 Å². The Balaban J connectivity index is 2.37. The summed E-state index contributed by atoms with van der Waals surface area (Å²) in [5.74, 6) is -1.99. The van der Waals surface area contributed by atoms with Crippen molar-refractivity contribution >= 4 is 22.1 Å². The second kappa shape index (κ2) is 39.5. The van der Waals surface area contributed by atoms with E-state index in [1.54, 1.807) is 0 Å². The molecule has 1 aliphatic heterocycles. The van der Waals surface area contributed by atoms with E-state index < -0.39 is 71.2 Å². The molecule has 0 aromatic heterocycles. The van der Waals surface area contributed by atoms with Crippen molar-refractivity contribution in [1.29, 1.82) is 0 Å². The first-order valence-corrected chi connectivity index (χ1v) is 26.5. The van der Waals surface area contributed by atoms with Crippen LogP contribution in [0.4, 0.5) is 0 Å². The summed E-state index contributed by atoms with van der Waals surface area (Å²) in [5.41, 5.74) is 0. The largest absolute Gasteiger partial charge is 0.462 e. The lowest BCUT2D eigenvalue weighted by molar-refractivity contribution is -0.297. The summed E-state index contributed by atoms with van der Waals surface area (Å²) in [6, 6.07) is 0. The number of aliphatic hydroxyl groups excluding tert-OH is 3. The van der Waals surface area contributed by atoms with E-state index >= 15 is 0 Å². The molecule has 0 spiro atoms. The highest BCUT2D eigenvalue weighted by atomic mass is 32.2. The van der Waals surface area contributed by atoms with Gasteiger partial charge in [0.1, 0.15) is 36.8 Å². The van der Waals surface area contributed by atoms with E-state index in [9.17, 15) is 37.9 Å². The van der Waals surface area contributed by atoms with Crippen LogP contribution in [0.2, 0.25) is 0 Å². The van der Waals surface area contributed by atoms with Crippen molar-refractivity contribution in [2.45, 2.75) is 256 Å². The van der Waals surface area contributed by atoms with Crippen molar-refractivity contribution in [3.05, 3.63) is 24.3 Å². The number of hydrogen-bond donors (Lipinski definition) is 4. The van der Waals surface area contributed by atoms with Gasteiger partial charge in [0.15, 0.2) is 12.4 Å². The standard InChI is InChI=1S/C49H90O12S/c1-3-5-7-9-11-13-15-17-18-19-20-21-22-23-24-26-28-30-32-34-36-38-45(51)60-42(40-59-49-48(54)47(53)46(52)43(61-49)41-62(55,56)57)39-58-44(50)37-35-33-31-29-27-25-16-14-12-10-8-6-4-2/h14,16,19-20,42-43,46-49,52-54H,3-13,15,17-18,21-41H2,1-2H3,(H,55,56,57)/b16-14-,20-19-. The van der Waals surface area contributed by atoms with Crippen molar-refractivity contribution in [3.8, 4) is 0 Å². The maximum Gasteiger partial charge on any atom is 0.306 e. The van der Waals surface area contributed by atoms with Crippen LogP contribution in [0.15, 0.2) is 24.3 Å². The third kappa shape index (κ3) is 33.6. The van der Waals surface area contributed by atoms with Crippen LogP contribution in [0.3, 0.4) is 0 Å². The quantitative estimate of drug-likeness (QED) is 0.0197. The van der Waals surface area contributed by atoms with E-state index in [0.29, 0.717) is 12.8 Å². The van der Waals surface area contributed by atoms with Gasteiger partial charge < -0.3 is 34.3 Å². The molecule has 4 N–H and O–H groups in total. The summed E-state index contributed by atoms with van der Waals surface area (Å²) in [6.07, 6.45) is 35.1. The third-order valence-corrected chi connectivity index (χ3v) is 12.3. The topological polar surface area (TPSA) is 186 Å². The molecule has 12 nitrogen and oxygen atoms in total. The fourth-order valence-corrected chi connectivity index (χ4v) is 8.30. The number of unbranched alkanes of at least 4 members (excludes halogenated alkanes) is 26. The molecule has 0 bridgehead atoms. The Morgan fingerprint density at radius 2 is 0.919 bits per heavy atom. The Bertz CT molecular complexity index is 1240. The maximum atomic E-state index is 12.9. The van der Waals surface area contributed by atoms with Gasteiger partial charge in [0.05, 0.1) is 6.61 Å². The molecule has 1 heterocycles. The predicted octanol–water partition coefficient (Wildman–Crippen LogP) is 10.8. The minimum Gasteiger partial charge on any atom is -0.462 e. The minimum atomic E-state index is -4.60. The van der Waals surface area contributed by atoms with Crippen LogP contribution in [0.25, 0.3) is 0 Å². The number of carbonyl (C=O) groups excluding carboxylic acids is 2. The van der Waals surface area contributed by atoms with Gasteiger partial charge in [0.25, 0.3) is 10.1 Å². The molecular formula is C49H90O12S. The van der Waals surface area contributed by atoms with Crippen LogP contribution in [-0.4, -0.2) is 96.0 Å². The van der Waals surface area contributed by atoms with Gasteiger partial charge in [-0.25, -0.2) is 0 Å². The van der Waals surface area contributed by atoms with Crippen molar-refractivity contribution < 1.29 is 56.8 Å². The molecular weight excluding hydrogens is 813 g/mol. The summed E-state index contributed by atoms with van der Waals surface area (Å²) < 4.78 is 54.1. The fraction of sp³-hybridized carbons (Fsp3) is 0.878.